The van der Waals surface area contributed by atoms with Crippen LogP contribution >= 0.6 is 0 Å². The van der Waals surface area contributed by atoms with Crippen LogP contribution in [0.25, 0.3) is 0 Å². The summed E-state index contributed by atoms with van der Waals surface area (Å²) < 4.78 is 17.1. The van der Waals surface area contributed by atoms with E-state index >= 15 is 0 Å². The molecular weight excluding hydrogens is 266 g/mol. The van der Waals surface area contributed by atoms with Gasteiger partial charge in [0.05, 0.1) is 12.7 Å². The smallest absolute Gasteiger partial charge is 0.205 e. The molecular formula is C17H27NO3. The minimum absolute atomic E-state index is 0.0180. The second-order valence-corrected chi connectivity index (χ2v) is 7.01. The highest BCUT2D eigenvalue weighted by Crippen LogP contribution is 2.33. The van der Waals surface area contributed by atoms with Crippen LogP contribution in [0.1, 0.15) is 51.8 Å². The van der Waals surface area contributed by atoms with Crippen molar-refractivity contribution in [3.05, 3.63) is 29.3 Å². The minimum Gasteiger partial charge on any atom is -0.463 e. The fourth-order valence-corrected chi connectivity index (χ4v) is 2.29. The lowest BCUT2D eigenvalue weighted by atomic mass is 10.0. The summed E-state index contributed by atoms with van der Waals surface area (Å²) in [7, 11) is 1.74. The molecule has 2 rings (SSSR count). The van der Waals surface area contributed by atoms with E-state index in [4.69, 9.17) is 14.2 Å². The average Bonchev–Trinajstić information content (AvgIpc) is 2.37. The number of rotatable bonds is 4. The third-order valence-corrected chi connectivity index (χ3v) is 3.49. The van der Waals surface area contributed by atoms with Crippen LogP contribution in [0.3, 0.4) is 0 Å². The van der Waals surface area contributed by atoms with Crippen LogP contribution in [0, 0.1) is 0 Å². The zero-order chi connectivity index (χ0) is 15.7. The zero-order valence-corrected chi connectivity index (χ0v) is 13.9. The maximum atomic E-state index is 5.82. The van der Waals surface area contributed by atoms with Crippen LogP contribution in [0.5, 0.6) is 5.75 Å². The predicted octanol–water partition coefficient (Wildman–Crippen LogP) is 3.41. The largest absolute Gasteiger partial charge is 0.463 e. The first-order chi connectivity index (χ1) is 9.70. The van der Waals surface area contributed by atoms with Gasteiger partial charge < -0.3 is 19.5 Å². The van der Waals surface area contributed by atoms with Crippen LogP contribution in [0.15, 0.2) is 18.2 Å². The molecule has 0 amide bonds. The molecule has 1 N–H and O–H groups in total. The van der Waals surface area contributed by atoms with Gasteiger partial charge in [0.2, 0.25) is 5.79 Å². The summed E-state index contributed by atoms with van der Waals surface area (Å²) >= 11 is 0. The Morgan fingerprint density at radius 2 is 2.05 bits per heavy atom. The van der Waals surface area contributed by atoms with Crippen molar-refractivity contribution in [2.75, 3.05) is 13.7 Å². The van der Waals surface area contributed by atoms with E-state index < -0.39 is 5.79 Å². The molecule has 1 unspecified atom stereocenters. The van der Waals surface area contributed by atoms with Crippen LogP contribution in [0.4, 0.5) is 0 Å². The van der Waals surface area contributed by atoms with Gasteiger partial charge in [0, 0.05) is 38.6 Å². The van der Waals surface area contributed by atoms with Crippen molar-refractivity contribution in [3.8, 4) is 5.75 Å². The number of fused-ring (bicyclic) bond motifs is 1. The zero-order valence-electron chi connectivity index (χ0n) is 13.9. The summed E-state index contributed by atoms with van der Waals surface area (Å²) in [5.41, 5.74) is 2.28. The summed E-state index contributed by atoms with van der Waals surface area (Å²) in [6, 6.07) is 6.19. The Morgan fingerprint density at radius 3 is 2.67 bits per heavy atom. The van der Waals surface area contributed by atoms with Crippen molar-refractivity contribution in [1.82, 2.24) is 5.32 Å². The molecule has 0 aliphatic carbocycles. The lowest BCUT2D eigenvalue weighted by Gasteiger charge is -2.33. The Hall–Kier alpha value is -1.10. The SMILES string of the molecule is COC(CNC(C)(C)C)c1ccc2c(c1)COC(C)(C)O2. The molecule has 118 valence electrons. The molecule has 4 heteroatoms. The van der Waals surface area contributed by atoms with Gasteiger partial charge in [-0.1, -0.05) is 6.07 Å². The first-order valence-corrected chi connectivity index (χ1v) is 7.44. The molecule has 0 aromatic heterocycles. The third kappa shape index (κ3) is 4.43. The first kappa shape index (κ1) is 16.3. The predicted molar refractivity (Wildman–Crippen MR) is 83.4 cm³/mol. The van der Waals surface area contributed by atoms with E-state index in [0.717, 1.165) is 23.4 Å². The molecule has 21 heavy (non-hydrogen) atoms. The van der Waals surface area contributed by atoms with Crippen LogP contribution in [0.2, 0.25) is 0 Å². The van der Waals surface area contributed by atoms with E-state index in [9.17, 15) is 0 Å². The molecule has 0 spiro atoms. The maximum absolute atomic E-state index is 5.82. The van der Waals surface area contributed by atoms with Gasteiger partial charge in [0.15, 0.2) is 0 Å². The highest BCUT2D eigenvalue weighted by Gasteiger charge is 2.28. The molecule has 0 saturated heterocycles. The van der Waals surface area contributed by atoms with E-state index in [1.165, 1.54) is 0 Å². The summed E-state index contributed by atoms with van der Waals surface area (Å²) in [4.78, 5) is 0. The van der Waals surface area contributed by atoms with Gasteiger partial charge in [0.25, 0.3) is 0 Å². The Balaban J connectivity index is 2.13. The maximum Gasteiger partial charge on any atom is 0.205 e. The van der Waals surface area contributed by atoms with Crippen molar-refractivity contribution in [3.63, 3.8) is 0 Å². The molecule has 1 aromatic rings. The minimum atomic E-state index is -0.553. The topological polar surface area (TPSA) is 39.7 Å². The standard InChI is InChI=1S/C17H27NO3/c1-16(2,3)18-10-15(19-6)12-7-8-14-13(9-12)11-20-17(4,5)21-14/h7-9,15,18H,10-11H2,1-6H3. The fraction of sp³-hybridized carbons (Fsp3) is 0.647. The van der Waals surface area contributed by atoms with E-state index in [2.05, 4.69) is 38.2 Å². The first-order valence-electron chi connectivity index (χ1n) is 7.44. The molecule has 1 heterocycles. The van der Waals surface area contributed by atoms with Crippen molar-refractivity contribution in [1.29, 1.82) is 0 Å². The highest BCUT2D eigenvalue weighted by atomic mass is 16.7. The average molecular weight is 293 g/mol. The van der Waals surface area contributed by atoms with Crippen molar-refractivity contribution >= 4 is 0 Å². The molecule has 0 saturated carbocycles. The molecule has 0 bridgehead atoms. The molecule has 1 aromatic carbocycles. The van der Waals surface area contributed by atoms with Gasteiger partial charge in [-0.25, -0.2) is 0 Å². The molecule has 4 nitrogen and oxygen atoms in total. The second kappa shape index (κ2) is 5.95. The van der Waals surface area contributed by atoms with Crippen molar-refractivity contribution < 1.29 is 14.2 Å². The third-order valence-electron chi connectivity index (χ3n) is 3.49. The summed E-state index contributed by atoms with van der Waals surface area (Å²) in [5.74, 6) is 0.344. The Labute approximate surface area is 127 Å². The van der Waals surface area contributed by atoms with E-state index in [1.54, 1.807) is 7.11 Å². The number of hydrogen-bond acceptors (Lipinski definition) is 4. The number of nitrogens with one attached hydrogen (secondary N) is 1. The lowest BCUT2D eigenvalue weighted by Crippen LogP contribution is -2.39. The number of methoxy groups -OCH3 is 1. The normalized spacial score (nSPS) is 18.8. The Morgan fingerprint density at radius 1 is 1.33 bits per heavy atom. The molecule has 1 atom stereocenters. The van der Waals surface area contributed by atoms with E-state index in [-0.39, 0.29) is 11.6 Å². The molecule has 0 fully saturated rings. The quantitative estimate of drug-likeness (QED) is 0.923. The molecule has 0 radical (unpaired) electrons. The van der Waals surface area contributed by atoms with Gasteiger partial charge in [-0.2, -0.15) is 0 Å². The Kier molecular flexibility index (Phi) is 4.61. The van der Waals surface area contributed by atoms with Crippen molar-refractivity contribution in [2.24, 2.45) is 0 Å². The van der Waals surface area contributed by atoms with Gasteiger partial charge in [0.1, 0.15) is 5.75 Å². The van der Waals surface area contributed by atoms with Crippen LogP contribution < -0.4 is 10.1 Å². The Bertz CT molecular complexity index is 491. The monoisotopic (exact) mass is 293 g/mol. The highest BCUT2D eigenvalue weighted by molar-refractivity contribution is 5.39. The number of hydrogen-bond donors (Lipinski definition) is 1. The van der Waals surface area contributed by atoms with Gasteiger partial charge in [-0.3, -0.25) is 0 Å². The van der Waals surface area contributed by atoms with Crippen LogP contribution in [-0.4, -0.2) is 25.0 Å². The molecule has 1 aliphatic heterocycles. The van der Waals surface area contributed by atoms with Gasteiger partial charge >= 0.3 is 0 Å². The lowest BCUT2D eigenvalue weighted by molar-refractivity contribution is -0.180. The second-order valence-electron chi connectivity index (χ2n) is 7.01. The molecule has 1 aliphatic rings. The summed E-state index contributed by atoms with van der Waals surface area (Å²) in [6.45, 7) is 11.6. The van der Waals surface area contributed by atoms with E-state index in [1.807, 2.05) is 19.9 Å². The van der Waals surface area contributed by atoms with E-state index in [0.29, 0.717) is 6.61 Å². The fourth-order valence-electron chi connectivity index (χ4n) is 2.29. The van der Waals surface area contributed by atoms with Crippen LogP contribution in [-0.2, 0) is 16.1 Å². The summed E-state index contributed by atoms with van der Waals surface area (Å²) in [5, 5.41) is 3.48. The number of benzene rings is 1. The van der Waals surface area contributed by atoms with Gasteiger partial charge in [-0.05, 0) is 38.5 Å². The van der Waals surface area contributed by atoms with Gasteiger partial charge in [-0.15, -0.1) is 0 Å². The van der Waals surface area contributed by atoms with Crippen molar-refractivity contribution in [2.45, 2.75) is 58.7 Å². The number of ether oxygens (including phenoxy) is 3. The summed E-state index contributed by atoms with van der Waals surface area (Å²) in [6.07, 6.45) is 0.0180.